The van der Waals surface area contributed by atoms with Gasteiger partial charge in [0, 0.05) is 17.7 Å². The van der Waals surface area contributed by atoms with Gasteiger partial charge in [-0.1, -0.05) is 30.3 Å². The molecule has 0 radical (unpaired) electrons. The Hall–Kier alpha value is -3.15. The number of hydrogen-bond acceptors (Lipinski definition) is 5. The fraction of sp³-hybridized carbons (Fsp3) is 0.286. The Morgan fingerprint density at radius 1 is 1.22 bits per heavy atom. The monoisotopic (exact) mass is 365 g/mol. The van der Waals surface area contributed by atoms with Gasteiger partial charge in [-0.05, 0) is 56.2 Å². The van der Waals surface area contributed by atoms with E-state index in [-0.39, 0.29) is 5.91 Å². The topological polar surface area (TPSA) is 77.2 Å². The molecular weight excluding hydrogens is 342 g/mol. The SMILES string of the molecule is CCc1noc(-c2ccc(C)c(NC(=O)[C@H](C)Oc3cccc(C)c3)c2)n1. The smallest absolute Gasteiger partial charge is 0.265 e. The molecule has 6 heteroatoms. The van der Waals surface area contributed by atoms with Crippen LogP contribution in [0, 0.1) is 13.8 Å². The van der Waals surface area contributed by atoms with Gasteiger partial charge in [0.15, 0.2) is 11.9 Å². The van der Waals surface area contributed by atoms with Crippen molar-refractivity contribution in [3.8, 4) is 17.2 Å². The van der Waals surface area contributed by atoms with Crippen molar-refractivity contribution in [3.63, 3.8) is 0 Å². The summed E-state index contributed by atoms with van der Waals surface area (Å²) in [5.74, 6) is 1.53. The molecule has 1 heterocycles. The lowest BCUT2D eigenvalue weighted by Crippen LogP contribution is -2.30. The lowest BCUT2D eigenvalue weighted by molar-refractivity contribution is -0.122. The van der Waals surface area contributed by atoms with E-state index in [0.717, 1.165) is 16.7 Å². The maximum atomic E-state index is 12.6. The second-order valence-corrected chi connectivity index (χ2v) is 6.46. The molecule has 3 aromatic rings. The first-order valence-corrected chi connectivity index (χ1v) is 8.94. The van der Waals surface area contributed by atoms with Crippen LogP contribution in [0.1, 0.15) is 30.8 Å². The maximum absolute atomic E-state index is 12.6. The summed E-state index contributed by atoms with van der Waals surface area (Å²) in [7, 11) is 0. The Bertz CT molecular complexity index is 949. The van der Waals surface area contributed by atoms with Crippen molar-refractivity contribution in [1.82, 2.24) is 10.1 Å². The number of aromatic nitrogens is 2. The molecule has 0 unspecified atom stereocenters. The number of carbonyl (C=O) groups is 1. The highest BCUT2D eigenvalue weighted by Gasteiger charge is 2.17. The normalized spacial score (nSPS) is 11.9. The molecule has 0 aliphatic carbocycles. The van der Waals surface area contributed by atoms with E-state index < -0.39 is 6.10 Å². The van der Waals surface area contributed by atoms with Crippen LogP contribution in [-0.4, -0.2) is 22.2 Å². The van der Waals surface area contributed by atoms with E-state index in [0.29, 0.717) is 29.6 Å². The van der Waals surface area contributed by atoms with Crippen molar-refractivity contribution in [2.45, 2.75) is 40.2 Å². The van der Waals surface area contributed by atoms with Crippen molar-refractivity contribution in [3.05, 3.63) is 59.4 Å². The van der Waals surface area contributed by atoms with Gasteiger partial charge in [-0.25, -0.2) is 0 Å². The molecule has 1 aromatic heterocycles. The number of rotatable bonds is 6. The number of aryl methyl sites for hydroxylation is 3. The van der Waals surface area contributed by atoms with Gasteiger partial charge in [-0.2, -0.15) is 4.98 Å². The third kappa shape index (κ3) is 4.53. The molecule has 1 N–H and O–H groups in total. The fourth-order valence-corrected chi connectivity index (χ4v) is 2.59. The van der Waals surface area contributed by atoms with Gasteiger partial charge >= 0.3 is 0 Å². The predicted molar refractivity (Wildman–Crippen MR) is 104 cm³/mol. The fourth-order valence-electron chi connectivity index (χ4n) is 2.59. The zero-order chi connectivity index (χ0) is 19.4. The molecule has 3 rings (SSSR count). The van der Waals surface area contributed by atoms with Crippen LogP contribution in [0.15, 0.2) is 47.0 Å². The van der Waals surface area contributed by atoms with Crippen molar-refractivity contribution in [2.24, 2.45) is 0 Å². The van der Waals surface area contributed by atoms with E-state index in [2.05, 4.69) is 15.5 Å². The van der Waals surface area contributed by atoms with E-state index in [1.165, 1.54) is 0 Å². The van der Waals surface area contributed by atoms with E-state index in [4.69, 9.17) is 9.26 Å². The van der Waals surface area contributed by atoms with Crippen molar-refractivity contribution in [2.75, 3.05) is 5.32 Å². The molecule has 0 spiro atoms. The summed E-state index contributed by atoms with van der Waals surface area (Å²) in [6.07, 6.45) is 0.0669. The molecule has 1 amide bonds. The lowest BCUT2D eigenvalue weighted by Gasteiger charge is -2.16. The maximum Gasteiger partial charge on any atom is 0.265 e. The molecule has 0 saturated carbocycles. The Balaban J connectivity index is 1.74. The van der Waals surface area contributed by atoms with Crippen LogP contribution in [0.2, 0.25) is 0 Å². The molecule has 2 aromatic carbocycles. The summed E-state index contributed by atoms with van der Waals surface area (Å²) in [6, 6.07) is 13.3. The lowest BCUT2D eigenvalue weighted by atomic mass is 10.1. The number of hydrogen-bond donors (Lipinski definition) is 1. The quantitative estimate of drug-likeness (QED) is 0.704. The van der Waals surface area contributed by atoms with E-state index >= 15 is 0 Å². The van der Waals surface area contributed by atoms with E-state index in [9.17, 15) is 4.79 Å². The van der Waals surface area contributed by atoms with Gasteiger partial charge in [0.25, 0.3) is 11.8 Å². The Labute approximate surface area is 158 Å². The summed E-state index contributed by atoms with van der Waals surface area (Å²) >= 11 is 0. The van der Waals surface area contributed by atoms with Gasteiger partial charge in [-0.15, -0.1) is 0 Å². The van der Waals surface area contributed by atoms with Gasteiger partial charge in [0.2, 0.25) is 0 Å². The Morgan fingerprint density at radius 3 is 2.74 bits per heavy atom. The average Bonchev–Trinajstić information content (AvgIpc) is 3.12. The van der Waals surface area contributed by atoms with Crippen LogP contribution in [0.5, 0.6) is 5.75 Å². The molecule has 27 heavy (non-hydrogen) atoms. The zero-order valence-corrected chi connectivity index (χ0v) is 15.9. The molecule has 1 atom stereocenters. The summed E-state index contributed by atoms with van der Waals surface area (Å²) in [4.78, 5) is 16.9. The van der Waals surface area contributed by atoms with Crippen molar-refractivity contribution < 1.29 is 14.1 Å². The second-order valence-electron chi connectivity index (χ2n) is 6.46. The highest BCUT2D eigenvalue weighted by atomic mass is 16.5. The first-order valence-electron chi connectivity index (χ1n) is 8.94. The van der Waals surface area contributed by atoms with E-state index in [1.54, 1.807) is 6.92 Å². The number of benzene rings is 2. The van der Waals surface area contributed by atoms with E-state index in [1.807, 2.05) is 63.2 Å². The number of nitrogens with one attached hydrogen (secondary N) is 1. The summed E-state index contributed by atoms with van der Waals surface area (Å²) in [6.45, 7) is 7.60. The molecular formula is C21H23N3O3. The van der Waals surface area contributed by atoms with Gasteiger partial charge < -0.3 is 14.6 Å². The second kappa shape index (κ2) is 8.03. The summed E-state index contributed by atoms with van der Waals surface area (Å²) in [5.41, 5.74) is 3.46. The van der Waals surface area contributed by atoms with Gasteiger partial charge in [-0.3, -0.25) is 4.79 Å². The number of ether oxygens (including phenoxy) is 1. The number of carbonyl (C=O) groups excluding carboxylic acids is 1. The highest BCUT2D eigenvalue weighted by Crippen LogP contribution is 2.25. The van der Waals surface area contributed by atoms with Crippen LogP contribution < -0.4 is 10.1 Å². The predicted octanol–water partition coefficient (Wildman–Crippen LogP) is 4.32. The largest absolute Gasteiger partial charge is 0.481 e. The number of anilines is 1. The third-order valence-corrected chi connectivity index (χ3v) is 4.20. The minimum Gasteiger partial charge on any atom is -0.481 e. The van der Waals surface area contributed by atoms with Gasteiger partial charge in [0.05, 0.1) is 0 Å². The Morgan fingerprint density at radius 2 is 2.04 bits per heavy atom. The molecule has 0 fully saturated rings. The number of nitrogens with zero attached hydrogens (tertiary/aromatic N) is 2. The minimum atomic E-state index is -0.634. The van der Waals surface area contributed by atoms with Crippen LogP contribution in [0.25, 0.3) is 11.5 Å². The van der Waals surface area contributed by atoms with Crippen LogP contribution in [-0.2, 0) is 11.2 Å². The summed E-state index contributed by atoms with van der Waals surface area (Å²) < 4.78 is 11.0. The molecule has 140 valence electrons. The molecule has 0 aliphatic heterocycles. The standard InChI is InChI=1S/C21H23N3O3/c1-5-19-23-21(27-24-19)16-10-9-14(3)18(12-16)22-20(25)15(4)26-17-8-6-7-13(2)11-17/h6-12,15H,5H2,1-4H3,(H,22,25)/t15-/m0/s1. The van der Waals surface area contributed by atoms with Crippen LogP contribution in [0.4, 0.5) is 5.69 Å². The molecule has 0 saturated heterocycles. The number of amides is 1. The molecule has 0 aliphatic rings. The van der Waals surface area contributed by atoms with Crippen LogP contribution >= 0.6 is 0 Å². The zero-order valence-electron chi connectivity index (χ0n) is 15.9. The Kier molecular flexibility index (Phi) is 5.54. The highest BCUT2D eigenvalue weighted by molar-refractivity contribution is 5.95. The average molecular weight is 365 g/mol. The molecule has 6 nitrogen and oxygen atoms in total. The summed E-state index contributed by atoms with van der Waals surface area (Å²) in [5, 5.41) is 6.83. The molecule has 0 bridgehead atoms. The van der Waals surface area contributed by atoms with Crippen molar-refractivity contribution >= 4 is 11.6 Å². The first-order chi connectivity index (χ1) is 13.0. The van der Waals surface area contributed by atoms with Crippen LogP contribution in [0.3, 0.4) is 0 Å². The van der Waals surface area contributed by atoms with Gasteiger partial charge in [0.1, 0.15) is 5.75 Å². The minimum absolute atomic E-state index is 0.225. The third-order valence-electron chi connectivity index (χ3n) is 4.20. The van der Waals surface area contributed by atoms with Crippen molar-refractivity contribution in [1.29, 1.82) is 0 Å². The first kappa shape index (κ1) is 18.6.